The van der Waals surface area contributed by atoms with Gasteiger partial charge in [0.15, 0.2) is 11.2 Å². The summed E-state index contributed by atoms with van der Waals surface area (Å²) in [7, 11) is 0. The molecule has 0 fully saturated rings. The Hall–Kier alpha value is -3.39. The van der Waals surface area contributed by atoms with Crippen LogP contribution in [0.4, 0.5) is 5.69 Å². The van der Waals surface area contributed by atoms with E-state index in [0.29, 0.717) is 24.1 Å². The molecule has 172 valence electrons. The number of thioether (sulfide) groups is 1. The maximum atomic E-state index is 13.2. The van der Waals surface area contributed by atoms with Crippen molar-refractivity contribution < 1.29 is 23.9 Å². The second-order valence-electron chi connectivity index (χ2n) is 7.49. The highest BCUT2D eigenvalue weighted by molar-refractivity contribution is 8.14. The van der Waals surface area contributed by atoms with E-state index in [1.807, 2.05) is 36.4 Å². The number of allylic oxidation sites excluding steroid dienone is 1. The molecule has 2 N–H and O–H groups in total. The van der Waals surface area contributed by atoms with Crippen LogP contribution in [-0.4, -0.2) is 34.8 Å². The van der Waals surface area contributed by atoms with E-state index < -0.39 is 23.2 Å². The van der Waals surface area contributed by atoms with Gasteiger partial charge in [0.2, 0.25) is 11.8 Å². The van der Waals surface area contributed by atoms with Gasteiger partial charge in [0, 0.05) is 12.6 Å². The van der Waals surface area contributed by atoms with Gasteiger partial charge in [-0.2, -0.15) is 0 Å². The Kier molecular flexibility index (Phi) is 8.43. The lowest BCUT2D eigenvalue weighted by molar-refractivity contribution is -0.147. The highest BCUT2D eigenvalue weighted by Gasteiger charge is 2.30. The van der Waals surface area contributed by atoms with Crippen LogP contribution in [0.1, 0.15) is 36.6 Å². The minimum atomic E-state index is -1.08. The molecule has 1 heterocycles. The molecule has 7 nitrogen and oxygen atoms in total. The number of ether oxygens (including phenoxy) is 1. The van der Waals surface area contributed by atoms with Gasteiger partial charge in [0.05, 0.1) is 11.9 Å². The average Bonchev–Trinajstić information content (AvgIpc) is 2.97. The number of hydrogen-bond donors (Lipinski definition) is 2. The number of amides is 2. The number of benzene rings is 2. The number of anilines is 1. The fourth-order valence-electron chi connectivity index (χ4n) is 3.49. The summed E-state index contributed by atoms with van der Waals surface area (Å²) in [6, 6.07) is 13.5. The Morgan fingerprint density at radius 3 is 2.61 bits per heavy atom. The number of nitrogens with one attached hydrogen (secondary N) is 2. The first kappa shape index (κ1) is 24.3. The summed E-state index contributed by atoms with van der Waals surface area (Å²) in [5.74, 6) is -1.32. The zero-order valence-electron chi connectivity index (χ0n) is 18.5. The quantitative estimate of drug-likeness (QED) is 0.579. The van der Waals surface area contributed by atoms with Crippen molar-refractivity contribution in [1.82, 2.24) is 5.32 Å². The number of carbonyl (C=O) groups is 4. The van der Waals surface area contributed by atoms with Crippen molar-refractivity contribution in [2.24, 2.45) is 0 Å². The van der Waals surface area contributed by atoms with Crippen LogP contribution in [0, 0.1) is 0 Å². The van der Waals surface area contributed by atoms with E-state index in [1.54, 1.807) is 25.1 Å². The number of esters is 1. The summed E-state index contributed by atoms with van der Waals surface area (Å²) in [4.78, 5) is 49.7. The van der Waals surface area contributed by atoms with Gasteiger partial charge >= 0.3 is 5.97 Å². The molecule has 8 heteroatoms. The van der Waals surface area contributed by atoms with Crippen molar-refractivity contribution in [3.63, 3.8) is 0 Å². The molecule has 0 spiro atoms. The highest BCUT2D eigenvalue weighted by Crippen LogP contribution is 2.26. The molecule has 2 amide bonds. The minimum absolute atomic E-state index is 0.145. The third-order valence-electron chi connectivity index (χ3n) is 5.01. The lowest BCUT2D eigenvalue weighted by atomic mass is 10.0. The first-order valence-electron chi connectivity index (χ1n) is 10.7. The van der Waals surface area contributed by atoms with Crippen LogP contribution >= 0.6 is 11.8 Å². The van der Waals surface area contributed by atoms with Crippen molar-refractivity contribution in [2.45, 2.75) is 38.0 Å². The summed E-state index contributed by atoms with van der Waals surface area (Å²) < 4.78 is 5.20. The van der Waals surface area contributed by atoms with Crippen molar-refractivity contribution >= 4 is 40.3 Å². The second kappa shape index (κ2) is 11.5. The molecule has 2 unspecified atom stereocenters. The van der Waals surface area contributed by atoms with Crippen molar-refractivity contribution in [3.05, 3.63) is 77.4 Å². The molecule has 33 heavy (non-hydrogen) atoms. The summed E-state index contributed by atoms with van der Waals surface area (Å²) in [6.07, 6.45) is 4.12. The Balaban J connectivity index is 1.87. The SMILES string of the molecule is CCOC(=O)C(NC(=O)C(Cc1ccccc1)SC(C)=O)c1ccc2c(c1)NC(=O)C=CC2. The number of rotatable bonds is 8. The van der Waals surface area contributed by atoms with E-state index >= 15 is 0 Å². The number of carbonyl (C=O) groups excluding carboxylic acids is 4. The van der Waals surface area contributed by atoms with Crippen LogP contribution in [-0.2, 0) is 36.8 Å². The summed E-state index contributed by atoms with van der Waals surface area (Å²) in [5, 5.41) is 4.63. The second-order valence-corrected chi connectivity index (χ2v) is 8.87. The van der Waals surface area contributed by atoms with E-state index in [-0.39, 0.29) is 17.6 Å². The topological polar surface area (TPSA) is 102 Å². The third kappa shape index (κ3) is 6.79. The first-order chi connectivity index (χ1) is 15.9. The smallest absolute Gasteiger partial charge is 0.333 e. The summed E-state index contributed by atoms with van der Waals surface area (Å²) >= 11 is 0.922. The first-order valence-corrected chi connectivity index (χ1v) is 11.5. The van der Waals surface area contributed by atoms with Gasteiger partial charge in [-0.15, -0.1) is 0 Å². The molecule has 3 rings (SSSR count). The molecule has 0 radical (unpaired) electrons. The van der Waals surface area contributed by atoms with E-state index in [0.717, 1.165) is 22.9 Å². The molecule has 1 aliphatic heterocycles. The normalized spacial score (nSPS) is 14.3. The van der Waals surface area contributed by atoms with Crippen LogP contribution in [0.5, 0.6) is 0 Å². The predicted molar refractivity (Wildman–Crippen MR) is 128 cm³/mol. The number of hydrogen-bond acceptors (Lipinski definition) is 6. The Labute approximate surface area is 197 Å². The van der Waals surface area contributed by atoms with E-state index in [9.17, 15) is 19.2 Å². The Morgan fingerprint density at radius 2 is 1.91 bits per heavy atom. The standard InChI is InChI=1S/C25H26N2O5S/c1-3-32-25(31)23(19-13-12-18-10-7-11-22(29)26-20(18)15-19)27-24(30)21(33-16(2)28)14-17-8-5-4-6-9-17/h4-9,11-13,15,21,23H,3,10,14H2,1-2H3,(H,26,29)(H,27,30). The van der Waals surface area contributed by atoms with Crippen LogP contribution in [0.15, 0.2) is 60.7 Å². The molecule has 2 atom stereocenters. The van der Waals surface area contributed by atoms with Crippen LogP contribution in [0.25, 0.3) is 0 Å². The van der Waals surface area contributed by atoms with E-state index in [1.165, 1.54) is 13.0 Å². The molecule has 2 aromatic rings. The molecule has 1 aliphatic rings. The third-order valence-corrected chi connectivity index (χ3v) is 6.00. The molecular formula is C25H26N2O5S. The van der Waals surface area contributed by atoms with Crippen LogP contribution in [0.3, 0.4) is 0 Å². The molecule has 0 bridgehead atoms. The molecular weight excluding hydrogens is 440 g/mol. The van der Waals surface area contributed by atoms with Gasteiger partial charge in [0.25, 0.3) is 0 Å². The van der Waals surface area contributed by atoms with E-state index in [2.05, 4.69) is 10.6 Å². The summed E-state index contributed by atoms with van der Waals surface area (Å²) in [5.41, 5.74) is 2.85. The zero-order valence-corrected chi connectivity index (χ0v) is 19.3. The monoisotopic (exact) mass is 466 g/mol. The fourth-order valence-corrected chi connectivity index (χ4v) is 4.34. The maximum absolute atomic E-state index is 13.2. The minimum Gasteiger partial charge on any atom is -0.464 e. The van der Waals surface area contributed by atoms with E-state index in [4.69, 9.17) is 4.74 Å². The maximum Gasteiger partial charge on any atom is 0.333 e. The fraction of sp³-hybridized carbons (Fsp3) is 0.280. The lowest BCUT2D eigenvalue weighted by Gasteiger charge is -2.22. The van der Waals surface area contributed by atoms with Crippen molar-refractivity contribution in [2.75, 3.05) is 11.9 Å². The average molecular weight is 467 g/mol. The molecule has 0 saturated carbocycles. The number of fused-ring (bicyclic) bond motifs is 1. The molecule has 0 saturated heterocycles. The van der Waals surface area contributed by atoms with Gasteiger partial charge in [-0.1, -0.05) is 60.3 Å². The molecule has 0 aliphatic carbocycles. The summed E-state index contributed by atoms with van der Waals surface area (Å²) in [6.45, 7) is 3.23. The van der Waals surface area contributed by atoms with Gasteiger partial charge in [-0.05, 0) is 48.6 Å². The Bertz CT molecular complexity index is 1070. The van der Waals surface area contributed by atoms with Crippen molar-refractivity contribution in [3.8, 4) is 0 Å². The highest BCUT2D eigenvalue weighted by atomic mass is 32.2. The molecule has 2 aromatic carbocycles. The molecule has 0 aromatic heterocycles. The van der Waals surface area contributed by atoms with Crippen molar-refractivity contribution in [1.29, 1.82) is 0 Å². The predicted octanol–water partition coefficient (Wildman–Crippen LogP) is 3.35. The van der Waals surface area contributed by atoms with Gasteiger partial charge in [0.1, 0.15) is 0 Å². The van der Waals surface area contributed by atoms with Gasteiger partial charge in [-0.25, -0.2) is 4.79 Å². The van der Waals surface area contributed by atoms with Crippen LogP contribution < -0.4 is 10.6 Å². The lowest BCUT2D eigenvalue weighted by Crippen LogP contribution is -2.41. The Morgan fingerprint density at radius 1 is 1.15 bits per heavy atom. The largest absolute Gasteiger partial charge is 0.464 e. The zero-order chi connectivity index (χ0) is 23.8. The van der Waals surface area contributed by atoms with Gasteiger partial charge < -0.3 is 15.4 Å². The van der Waals surface area contributed by atoms with Crippen LogP contribution in [0.2, 0.25) is 0 Å². The van der Waals surface area contributed by atoms with Gasteiger partial charge in [-0.3, -0.25) is 14.4 Å².